The molecule has 1 aromatic carbocycles. The van der Waals surface area contributed by atoms with E-state index in [9.17, 15) is 9.59 Å². The number of nitrogens with one attached hydrogen (secondary N) is 2. The lowest BCUT2D eigenvalue weighted by molar-refractivity contribution is 0.101. The average Bonchev–Trinajstić information content (AvgIpc) is 3.30. The topological polar surface area (TPSA) is 71.3 Å². The molecule has 0 aliphatic heterocycles. The van der Waals surface area contributed by atoms with E-state index in [0.717, 1.165) is 10.4 Å². The highest BCUT2D eigenvalue weighted by Gasteiger charge is 2.14. The molecule has 2 heterocycles. The zero-order valence-corrected chi connectivity index (χ0v) is 13.6. The zero-order valence-electron chi connectivity index (χ0n) is 12.8. The predicted octanol–water partition coefficient (Wildman–Crippen LogP) is 3.57. The molecule has 0 fully saturated rings. The van der Waals surface area contributed by atoms with Gasteiger partial charge in [0.2, 0.25) is 5.78 Å². The first-order chi connectivity index (χ1) is 11.7. The Hall–Kier alpha value is -2.86. The maximum absolute atomic E-state index is 12.1. The Labute approximate surface area is 143 Å². The van der Waals surface area contributed by atoms with Crippen molar-refractivity contribution in [1.82, 2.24) is 10.6 Å². The molecule has 0 saturated carbocycles. The second-order valence-corrected chi connectivity index (χ2v) is 6.26. The van der Waals surface area contributed by atoms with Gasteiger partial charge in [0, 0.05) is 11.4 Å². The van der Waals surface area contributed by atoms with Gasteiger partial charge in [-0.05, 0) is 29.8 Å². The highest BCUT2D eigenvalue weighted by molar-refractivity contribution is 7.14. The Morgan fingerprint density at radius 1 is 0.917 bits per heavy atom. The zero-order chi connectivity index (χ0) is 16.8. The fourth-order valence-corrected chi connectivity index (χ4v) is 3.02. The van der Waals surface area contributed by atoms with Crippen LogP contribution in [0.3, 0.4) is 0 Å². The van der Waals surface area contributed by atoms with E-state index in [-0.39, 0.29) is 11.8 Å². The van der Waals surface area contributed by atoms with Crippen LogP contribution in [0.2, 0.25) is 0 Å². The van der Waals surface area contributed by atoms with Gasteiger partial charge in [-0.1, -0.05) is 30.3 Å². The molecule has 0 aliphatic rings. The summed E-state index contributed by atoms with van der Waals surface area (Å²) in [4.78, 5) is 25.4. The van der Waals surface area contributed by atoms with Gasteiger partial charge in [-0.25, -0.2) is 4.79 Å². The van der Waals surface area contributed by atoms with E-state index in [1.54, 1.807) is 18.2 Å². The molecule has 2 amide bonds. The van der Waals surface area contributed by atoms with Crippen LogP contribution in [0.1, 0.15) is 25.9 Å². The van der Waals surface area contributed by atoms with E-state index in [0.29, 0.717) is 23.7 Å². The maximum Gasteiger partial charge on any atom is 0.315 e. The van der Waals surface area contributed by atoms with Crippen molar-refractivity contribution in [3.63, 3.8) is 0 Å². The molecule has 3 rings (SSSR count). The summed E-state index contributed by atoms with van der Waals surface area (Å²) in [5, 5.41) is 5.58. The minimum absolute atomic E-state index is 0.148. The number of carbonyl (C=O) groups is 2. The second kappa shape index (κ2) is 7.61. The quantitative estimate of drug-likeness (QED) is 0.674. The molecule has 0 unspecified atom stereocenters. The Kier molecular flexibility index (Phi) is 5.08. The molecule has 0 aliphatic carbocycles. The van der Waals surface area contributed by atoms with Crippen molar-refractivity contribution in [2.45, 2.75) is 13.1 Å². The van der Waals surface area contributed by atoms with Gasteiger partial charge in [0.15, 0.2) is 5.76 Å². The number of thiophene rings is 1. The van der Waals surface area contributed by atoms with Crippen molar-refractivity contribution in [3.05, 3.63) is 81.9 Å². The summed E-state index contributed by atoms with van der Waals surface area (Å²) < 4.78 is 5.11. The first-order valence-corrected chi connectivity index (χ1v) is 8.26. The van der Waals surface area contributed by atoms with E-state index in [1.807, 2.05) is 36.4 Å². The van der Waals surface area contributed by atoms with E-state index >= 15 is 0 Å². The van der Waals surface area contributed by atoms with Crippen molar-refractivity contribution < 1.29 is 14.0 Å². The number of benzene rings is 1. The van der Waals surface area contributed by atoms with E-state index in [1.165, 1.54) is 17.6 Å². The monoisotopic (exact) mass is 340 g/mol. The molecule has 3 aromatic rings. The van der Waals surface area contributed by atoms with Crippen LogP contribution in [0.15, 0.2) is 65.3 Å². The molecule has 0 radical (unpaired) electrons. The number of amides is 2. The first-order valence-electron chi connectivity index (χ1n) is 7.45. The molecular weight excluding hydrogens is 324 g/mol. The molecular formula is C18H16N2O3S. The molecule has 0 bridgehead atoms. The third kappa shape index (κ3) is 4.11. The molecule has 0 atom stereocenters. The fourth-order valence-electron chi connectivity index (χ4n) is 2.13. The Morgan fingerprint density at radius 2 is 1.71 bits per heavy atom. The molecule has 5 nitrogen and oxygen atoms in total. The Balaban J connectivity index is 1.48. The lowest BCUT2D eigenvalue weighted by Gasteiger charge is -2.06. The fraction of sp³-hybridized carbons (Fsp3) is 0.111. The van der Waals surface area contributed by atoms with Crippen molar-refractivity contribution in [3.8, 4) is 0 Å². The maximum atomic E-state index is 12.1. The van der Waals surface area contributed by atoms with Gasteiger partial charge in [0.25, 0.3) is 0 Å². The lowest BCUT2D eigenvalue weighted by atomic mass is 10.2. The van der Waals surface area contributed by atoms with Crippen LogP contribution in [-0.4, -0.2) is 11.8 Å². The molecule has 122 valence electrons. The number of ketones is 1. The van der Waals surface area contributed by atoms with Gasteiger partial charge in [0.05, 0.1) is 17.7 Å². The smallest absolute Gasteiger partial charge is 0.315 e. The highest BCUT2D eigenvalue weighted by atomic mass is 32.1. The summed E-state index contributed by atoms with van der Waals surface area (Å²) in [5.74, 6) is 0.168. The number of furan rings is 1. The molecule has 2 aromatic heterocycles. The molecule has 0 saturated heterocycles. The number of hydrogen-bond acceptors (Lipinski definition) is 4. The van der Waals surface area contributed by atoms with Crippen LogP contribution in [0.4, 0.5) is 4.79 Å². The summed E-state index contributed by atoms with van der Waals surface area (Å²) in [7, 11) is 0. The van der Waals surface area contributed by atoms with Crippen LogP contribution < -0.4 is 10.6 Å². The van der Waals surface area contributed by atoms with Crippen LogP contribution in [0.25, 0.3) is 0 Å². The van der Waals surface area contributed by atoms with Crippen LogP contribution in [0, 0.1) is 0 Å². The normalized spacial score (nSPS) is 10.3. The van der Waals surface area contributed by atoms with Gasteiger partial charge in [-0.15, -0.1) is 11.3 Å². The second-order valence-electron chi connectivity index (χ2n) is 5.09. The van der Waals surface area contributed by atoms with Crippen molar-refractivity contribution in [1.29, 1.82) is 0 Å². The summed E-state index contributed by atoms with van der Waals surface area (Å²) in [5.41, 5.74) is 1.04. The molecule has 24 heavy (non-hydrogen) atoms. The van der Waals surface area contributed by atoms with E-state index < -0.39 is 0 Å². The summed E-state index contributed by atoms with van der Waals surface area (Å²) in [6.45, 7) is 0.843. The van der Waals surface area contributed by atoms with Crippen molar-refractivity contribution >= 4 is 23.2 Å². The van der Waals surface area contributed by atoms with Gasteiger partial charge < -0.3 is 15.1 Å². The van der Waals surface area contributed by atoms with E-state index in [2.05, 4.69) is 10.6 Å². The van der Waals surface area contributed by atoms with Crippen molar-refractivity contribution in [2.24, 2.45) is 0 Å². The number of urea groups is 1. The van der Waals surface area contributed by atoms with Gasteiger partial charge >= 0.3 is 6.03 Å². The lowest BCUT2D eigenvalue weighted by Crippen LogP contribution is -2.34. The van der Waals surface area contributed by atoms with Gasteiger partial charge in [0.1, 0.15) is 0 Å². The third-order valence-electron chi connectivity index (χ3n) is 3.35. The predicted molar refractivity (Wildman–Crippen MR) is 92.0 cm³/mol. The number of carbonyl (C=O) groups excluding carboxylic acids is 2. The van der Waals surface area contributed by atoms with Crippen LogP contribution in [0.5, 0.6) is 0 Å². The SMILES string of the molecule is O=C(NCc1ccccc1)NCc1ccc(C(=O)c2ccco2)s1. The summed E-state index contributed by atoms with van der Waals surface area (Å²) in [6.07, 6.45) is 1.47. The van der Waals surface area contributed by atoms with E-state index in [4.69, 9.17) is 4.42 Å². The third-order valence-corrected chi connectivity index (χ3v) is 4.43. The number of rotatable bonds is 6. The minimum Gasteiger partial charge on any atom is -0.461 e. The summed E-state index contributed by atoms with van der Waals surface area (Å²) >= 11 is 1.34. The van der Waals surface area contributed by atoms with Crippen LogP contribution >= 0.6 is 11.3 Å². The molecule has 2 N–H and O–H groups in total. The van der Waals surface area contributed by atoms with Gasteiger partial charge in [-0.2, -0.15) is 0 Å². The van der Waals surface area contributed by atoms with Crippen LogP contribution in [-0.2, 0) is 13.1 Å². The average molecular weight is 340 g/mol. The molecule has 6 heteroatoms. The molecule has 0 spiro atoms. The Bertz CT molecular complexity index is 810. The largest absolute Gasteiger partial charge is 0.461 e. The minimum atomic E-state index is -0.244. The van der Waals surface area contributed by atoms with Crippen molar-refractivity contribution in [2.75, 3.05) is 0 Å². The first kappa shape index (κ1) is 16.0. The highest BCUT2D eigenvalue weighted by Crippen LogP contribution is 2.20. The summed E-state index contributed by atoms with van der Waals surface area (Å²) in [6, 6.07) is 16.3. The standard InChI is InChI=1S/C18H16N2O3S/c21-17(15-7-4-10-23-15)16-9-8-14(24-16)12-20-18(22)19-11-13-5-2-1-3-6-13/h1-10H,11-12H2,(H2,19,20,22). The van der Waals surface area contributed by atoms with Gasteiger partial charge in [-0.3, -0.25) is 4.79 Å². The Morgan fingerprint density at radius 3 is 2.46 bits per heavy atom. The number of hydrogen-bond donors (Lipinski definition) is 2.